The van der Waals surface area contributed by atoms with E-state index in [0.717, 1.165) is 31.6 Å². The normalized spacial score (nSPS) is 17.7. The number of nitrogens with zero attached hydrogens (tertiary/aromatic N) is 5. The Labute approximate surface area is 243 Å². The van der Waals surface area contributed by atoms with Crippen LogP contribution in [0.5, 0.6) is 0 Å². The Morgan fingerprint density at radius 2 is 1.76 bits per heavy atom. The van der Waals surface area contributed by atoms with Crippen molar-refractivity contribution in [2.45, 2.75) is 31.5 Å². The van der Waals surface area contributed by atoms with E-state index < -0.39 is 23.7 Å². The molecule has 2 amide bonds. The minimum atomic E-state index is -1.15. The van der Waals surface area contributed by atoms with Crippen molar-refractivity contribution in [3.63, 3.8) is 0 Å². The number of hydrogen-bond donors (Lipinski definition) is 1. The summed E-state index contributed by atoms with van der Waals surface area (Å²) in [6.45, 7) is 3.51. The molecule has 2 fully saturated rings. The molecule has 2 aliphatic heterocycles. The van der Waals surface area contributed by atoms with Crippen molar-refractivity contribution in [3.05, 3.63) is 84.2 Å². The number of rotatable bonds is 9. The van der Waals surface area contributed by atoms with E-state index >= 15 is 4.39 Å². The Morgan fingerprint density at radius 3 is 2.52 bits per heavy atom. The highest BCUT2D eigenvalue weighted by molar-refractivity contribution is 6.01. The van der Waals surface area contributed by atoms with Gasteiger partial charge in [-0.25, -0.2) is 9.07 Å². The first kappa shape index (κ1) is 27.8. The third-order valence-corrected chi connectivity index (χ3v) is 7.71. The molecule has 3 aromatic carbocycles. The summed E-state index contributed by atoms with van der Waals surface area (Å²) in [5, 5.41) is 11.3. The number of nitrogens with one attached hydrogen (secondary N) is 1. The molecule has 0 aliphatic carbocycles. The maximum atomic E-state index is 15.4. The average Bonchev–Trinajstić information content (AvgIpc) is 3.70. The largest absolute Gasteiger partial charge is 0.378 e. The van der Waals surface area contributed by atoms with E-state index in [0.29, 0.717) is 43.0 Å². The minimum absolute atomic E-state index is 0.00134. The Morgan fingerprint density at radius 1 is 1.00 bits per heavy atom. The topological polar surface area (TPSA) is 102 Å². The predicted octanol–water partition coefficient (Wildman–Crippen LogP) is 3.48. The Kier molecular flexibility index (Phi) is 8.38. The maximum Gasteiger partial charge on any atom is 0.249 e. The second-order valence-corrected chi connectivity index (χ2v) is 10.4. The number of ether oxygens (including phenoxy) is 2. The fourth-order valence-electron chi connectivity index (χ4n) is 5.53. The second kappa shape index (κ2) is 12.7. The highest BCUT2D eigenvalue weighted by Gasteiger charge is 2.35. The van der Waals surface area contributed by atoms with E-state index in [2.05, 4.69) is 20.5 Å². The third-order valence-electron chi connectivity index (χ3n) is 7.71. The number of halogens is 1. The van der Waals surface area contributed by atoms with Crippen LogP contribution in [0.2, 0.25) is 0 Å². The quantitative estimate of drug-likeness (QED) is 0.328. The summed E-state index contributed by atoms with van der Waals surface area (Å²) in [6, 6.07) is 19.6. The van der Waals surface area contributed by atoms with Crippen LogP contribution < -0.4 is 15.1 Å². The summed E-state index contributed by atoms with van der Waals surface area (Å²) in [5.41, 5.74) is 2.83. The molecule has 0 spiro atoms. The van der Waals surface area contributed by atoms with Crippen LogP contribution in [0.1, 0.15) is 24.4 Å². The first-order valence-electron chi connectivity index (χ1n) is 14.3. The van der Waals surface area contributed by atoms with Crippen LogP contribution >= 0.6 is 0 Å². The molecular weight excluding hydrogens is 539 g/mol. The van der Waals surface area contributed by atoms with Gasteiger partial charge < -0.3 is 19.7 Å². The van der Waals surface area contributed by atoms with Gasteiger partial charge in [0.25, 0.3) is 0 Å². The summed E-state index contributed by atoms with van der Waals surface area (Å²) in [6.07, 6.45) is 1.67. The fourth-order valence-corrected chi connectivity index (χ4v) is 5.53. The zero-order chi connectivity index (χ0) is 28.9. The van der Waals surface area contributed by atoms with Crippen molar-refractivity contribution in [2.75, 3.05) is 49.3 Å². The number of para-hydroxylation sites is 2. The number of fused-ring (bicyclic) bond motifs is 1. The monoisotopic (exact) mass is 572 g/mol. The number of carbonyl (C=O) groups excluding carboxylic acids is 2. The minimum Gasteiger partial charge on any atom is -0.378 e. The molecule has 6 rings (SSSR count). The molecule has 42 heavy (non-hydrogen) atoms. The summed E-state index contributed by atoms with van der Waals surface area (Å²) < 4.78 is 28.1. The lowest BCUT2D eigenvalue weighted by Crippen LogP contribution is -2.47. The first-order chi connectivity index (χ1) is 20.6. The summed E-state index contributed by atoms with van der Waals surface area (Å²) in [7, 11) is 0. The SMILES string of the molecule is O=C(NC[C@H]1CCCO1)[C@H](c1ccc(N2CCOCC2)cc1)N(C(=O)Cn1nnc2ccccc21)c1ccccc1F. The van der Waals surface area contributed by atoms with Gasteiger partial charge in [-0.15, -0.1) is 5.10 Å². The lowest BCUT2D eigenvalue weighted by atomic mass is 10.0. The van der Waals surface area contributed by atoms with Crippen LogP contribution in [0.25, 0.3) is 11.0 Å². The lowest BCUT2D eigenvalue weighted by Gasteiger charge is -2.33. The Balaban J connectivity index is 1.37. The van der Waals surface area contributed by atoms with Crippen molar-refractivity contribution in [1.82, 2.24) is 20.3 Å². The second-order valence-electron chi connectivity index (χ2n) is 10.4. The van der Waals surface area contributed by atoms with Gasteiger partial charge >= 0.3 is 0 Å². The van der Waals surface area contributed by atoms with Crippen molar-refractivity contribution in [3.8, 4) is 0 Å². The molecule has 11 heteroatoms. The van der Waals surface area contributed by atoms with Gasteiger partial charge in [-0.1, -0.05) is 41.6 Å². The third kappa shape index (κ3) is 5.97. The van der Waals surface area contributed by atoms with Gasteiger partial charge in [-0.2, -0.15) is 0 Å². The summed E-state index contributed by atoms with van der Waals surface area (Å²) in [5.74, 6) is -1.55. The van der Waals surface area contributed by atoms with Gasteiger partial charge in [0.1, 0.15) is 23.9 Å². The highest BCUT2D eigenvalue weighted by atomic mass is 19.1. The van der Waals surface area contributed by atoms with E-state index in [4.69, 9.17) is 9.47 Å². The number of anilines is 2. The van der Waals surface area contributed by atoms with E-state index in [1.165, 1.54) is 21.7 Å². The van der Waals surface area contributed by atoms with E-state index in [1.807, 2.05) is 42.5 Å². The number of carbonyl (C=O) groups is 2. The van der Waals surface area contributed by atoms with Gasteiger partial charge in [0.05, 0.1) is 30.5 Å². The van der Waals surface area contributed by atoms with Crippen LogP contribution in [-0.2, 0) is 25.6 Å². The van der Waals surface area contributed by atoms with Crippen molar-refractivity contribution >= 4 is 34.2 Å². The fraction of sp³-hybridized carbons (Fsp3) is 0.355. The number of aromatic nitrogens is 3. The molecule has 0 saturated carbocycles. The van der Waals surface area contributed by atoms with Crippen LogP contribution in [0.15, 0.2) is 72.8 Å². The average molecular weight is 573 g/mol. The molecule has 4 aromatic rings. The molecule has 3 heterocycles. The van der Waals surface area contributed by atoms with Crippen LogP contribution in [0, 0.1) is 5.82 Å². The molecule has 1 aromatic heterocycles. The molecule has 10 nitrogen and oxygen atoms in total. The zero-order valence-corrected chi connectivity index (χ0v) is 23.2. The standard InChI is InChI=1S/C31H33FN6O4/c32-25-7-1-3-9-27(25)38(29(39)21-37-28-10-4-2-8-26(28)34-35-37)30(31(40)33-20-24-6-5-17-42-24)22-11-13-23(14-12-22)36-15-18-41-19-16-36/h1-4,7-14,24,30H,5-6,15-21H2,(H,33,40)/t24-,30+/m1/s1. The Hall–Kier alpha value is -4.35. The lowest BCUT2D eigenvalue weighted by molar-refractivity contribution is -0.127. The maximum absolute atomic E-state index is 15.4. The van der Waals surface area contributed by atoms with E-state index in [-0.39, 0.29) is 18.3 Å². The van der Waals surface area contributed by atoms with Crippen molar-refractivity contribution in [2.24, 2.45) is 0 Å². The number of amides is 2. The van der Waals surface area contributed by atoms with E-state index in [1.54, 1.807) is 18.2 Å². The molecule has 0 bridgehead atoms. The van der Waals surface area contributed by atoms with Crippen LogP contribution in [-0.4, -0.2) is 72.4 Å². The molecule has 0 radical (unpaired) electrons. The molecule has 218 valence electrons. The molecular formula is C31H33FN6O4. The van der Waals surface area contributed by atoms with Gasteiger partial charge in [0, 0.05) is 31.9 Å². The van der Waals surface area contributed by atoms with E-state index in [9.17, 15) is 9.59 Å². The summed E-state index contributed by atoms with van der Waals surface area (Å²) >= 11 is 0. The number of benzene rings is 3. The summed E-state index contributed by atoms with van der Waals surface area (Å²) in [4.78, 5) is 31.6. The zero-order valence-electron chi connectivity index (χ0n) is 23.2. The first-order valence-corrected chi connectivity index (χ1v) is 14.3. The van der Waals surface area contributed by atoms with Crippen molar-refractivity contribution in [1.29, 1.82) is 0 Å². The molecule has 1 N–H and O–H groups in total. The van der Waals surface area contributed by atoms with Gasteiger partial charge in [0.2, 0.25) is 11.8 Å². The van der Waals surface area contributed by atoms with Crippen LogP contribution in [0.3, 0.4) is 0 Å². The molecule has 2 atom stereocenters. The number of morpholine rings is 1. The molecule has 2 aliphatic rings. The van der Waals surface area contributed by atoms with Gasteiger partial charge in [-0.3, -0.25) is 14.5 Å². The molecule has 0 unspecified atom stereocenters. The van der Waals surface area contributed by atoms with Gasteiger partial charge in [0.15, 0.2) is 0 Å². The highest BCUT2D eigenvalue weighted by Crippen LogP contribution is 2.32. The molecule has 2 saturated heterocycles. The van der Waals surface area contributed by atoms with Gasteiger partial charge in [-0.05, 0) is 54.8 Å². The Bertz CT molecular complexity index is 1530. The number of hydrogen-bond acceptors (Lipinski definition) is 7. The smallest absolute Gasteiger partial charge is 0.249 e. The van der Waals surface area contributed by atoms with Crippen molar-refractivity contribution < 1.29 is 23.5 Å². The van der Waals surface area contributed by atoms with Crippen LogP contribution in [0.4, 0.5) is 15.8 Å². The predicted molar refractivity (Wildman–Crippen MR) is 156 cm³/mol.